The van der Waals surface area contributed by atoms with E-state index in [9.17, 15) is 35.9 Å². The molecule has 3 aromatic rings. The lowest BCUT2D eigenvalue weighted by molar-refractivity contribution is -0.143. The number of hydrogen-bond donors (Lipinski definition) is 1. The highest BCUT2D eigenvalue weighted by molar-refractivity contribution is 5.96. The van der Waals surface area contributed by atoms with Crippen molar-refractivity contribution >= 4 is 17.9 Å². The molecular formula is C31H31F6N3O2. The van der Waals surface area contributed by atoms with Crippen LogP contribution in [0.2, 0.25) is 0 Å². The lowest BCUT2D eigenvalue weighted by atomic mass is 9.99. The molecule has 2 amide bonds. The number of piperazine rings is 1. The Morgan fingerprint density at radius 1 is 0.833 bits per heavy atom. The molecule has 0 aliphatic carbocycles. The van der Waals surface area contributed by atoms with E-state index in [2.05, 4.69) is 5.32 Å². The van der Waals surface area contributed by atoms with Crippen molar-refractivity contribution in [3.63, 3.8) is 0 Å². The first-order valence-electron chi connectivity index (χ1n) is 13.1. The van der Waals surface area contributed by atoms with Crippen LogP contribution in [0.3, 0.4) is 0 Å². The predicted molar refractivity (Wildman–Crippen MR) is 148 cm³/mol. The summed E-state index contributed by atoms with van der Waals surface area (Å²) in [7, 11) is 3.75. The summed E-state index contributed by atoms with van der Waals surface area (Å²) < 4.78 is 80.4. The Balaban J connectivity index is 0.00000155. The summed E-state index contributed by atoms with van der Waals surface area (Å²) >= 11 is 0. The molecule has 1 N–H and O–H groups in total. The Bertz CT molecular complexity index is 1330. The average Bonchev–Trinajstić information content (AvgIpc) is 2.96. The normalized spacial score (nSPS) is 15.8. The van der Waals surface area contributed by atoms with E-state index in [1.54, 1.807) is 36.4 Å². The molecule has 0 radical (unpaired) electrons. The molecule has 1 aliphatic heterocycles. The van der Waals surface area contributed by atoms with Crippen LogP contribution < -0.4 is 5.32 Å². The van der Waals surface area contributed by atoms with Gasteiger partial charge in [-0.2, -0.15) is 26.3 Å². The van der Waals surface area contributed by atoms with Gasteiger partial charge in [-0.05, 0) is 55.9 Å². The molecule has 0 aromatic heterocycles. The zero-order chi connectivity index (χ0) is 30.9. The first-order valence-corrected chi connectivity index (χ1v) is 13.1. The first-order chi connectivity index (χ1) is 19.8. The van der Waals surface area contributed by atoms with Gasteiger partial charge in [-0.1, -0.05) is 60.7 Å². The van der Waals surface area contributed by atoms with E-state index in [1.165, 1.54) is 15.9 Å². The molecule has 1 heterocycles. The molecule has 0 spiro atoms. The van der Waals surface area contributed by atoms with Crippen molar-refractivity contribution in [1.29, 1.82) is 0 Å². The molecule has 0 unspecified atom stereocenters. The van der Waals surface area contributed by atoms with Gasteiger partial charge in [-0.3, -0.25) is 9.59 Å². The molecule has 5 nitrogen and oxygen atoms in total. The SMILES string of the molecule is CNC.O=C(C=Cc1ccccc1)N1CCN(C(=O)c2cc(C(F)(F)F)cc(C(F)(F)F)c2)[C@H](Cc2ccccc2)C1. The third kappa shape index (κ3) is 8.94. The molecule has 4 rings (SSSR count). The van der Waals surface area contributed by atoms with Crippen LogP contribution in [-0.4, -0.2) is 61.4 Å². The third-order valence-electron chi connectivity index (χ3n) is 6.42. The quantitative estimate of drug-likeness (QED) is 0.285. The summed E-state index contributed by atoms with van der Waals surface area (Å²) in [5.74, 6) is -1.28. The van der Waals surface area contributed by atoms with Crippen molar-refractivity contribution in [3.05, 3.63) is 113 Å². The van der Waals surface area contributed by atoms with E-state index < -0.39 is 41.0 Å². The molecular weight excluding hydrogens is 560 g/mol. The Morgan fingerprint density at radius 3 is 1.88 bits per heavy atom. The highest BCUT2D eigenvalue weighted by atomic mass is 19.4. The van der Waals surface area contributed by atoms with Crippen LogP contribution in [0.5, 0.6) is 0 Å². The average molecular weight is 592 g/mol. The van der Waals surface area contributed by atoms with Crippen molar-refractivity contribution in [2.45, 2.75) is 24.8 Å². The molecule has 11 heteroatoms. The van der Waals surface area contributed by atoms with Gasteiger partial charge in [0.15, 0.2) is 0 Å². The standard InChI is InChI=1S/C29H24F6N2O2.C2H7N/c30-28(31,32)23-16-22(17-24(18-23)29(33,34)35)27(39)37-14-13-36(19-25(37)15-21-9-5-2-6-10-21)26(38)12-11-20-7-3-1-4-8-20;1-3-2/h1-12,16-18,25H,13-15,19H2;3H,1-2H3/t25-;/m1./s1. The van der Waals surface area contributed by atoms with Crippen LogP contribution in [0.25, 0.3) is 6.08 Å². The summed E-state index contributed by atoms with van der Waals surface area (Å²) in [6.07, 6.45) is -6.85. The topological polar surface area (TPSA) is 52.7 Å². The molecule has 1 fully saturated rings. The van der Waals surface area contributed by atoms with Gasteiger partial charge in [0, 0.05) is 31.3 Å². The number of rotatable bonds is 5. The molecule has 3 aromatic carbocycles. The number of hydrogen-bond acceptors (Lipinski definition) is 3. The third-order valence-corrected chi connectivity index (χ3v) is 6.42. The van der Waals surface area contributed by atoms with Crippen LogP contribution in [-0.2, 0) is 23.6 Å². The maximum Gasteiger partial charge on any atom is 0.416 e. The lowest BCUT2D eigenvalue weighted by Gasteiger charge is -2.41. The second-order valence-electron chi connectivity index (χ2n) is 9.66. The van der Waals surface area contributed by atoms with Gasteiger partial charge in [0.2, 0.25) is 5.91 Å². The van der Waals surface area contributed by atoms with Gasteiger partial charge in [-0.25, -0.2) is 0 Å². The summed E-state index contributed by atoms with van der Waals surface area (Å²) in [5, 5.41) is 2.75. The monoisotopic (exact) mass is 591 g/mol. The van der Waals surface area contributed by atoms with Crippen LogP contribution in [0, 0.1) is 0 Å². The Morgan fingerprint density at radius 2 is 1.36 bits per heavy atom. The van der Waals surface area contributed by atoms with E-state index in [0.29, 0.717) is 12.1 Å². The fraction of sp³-hybridized carbons (Fsp3) is 0.290. The van der Waals surface area contributed by atoms with Crippen molar-refractivity contribution in [2.75, 3.05) is 33.7 Å². The second-order valence-corrected chi connectivity index (χ2v) is 9.66. The van der Waals surface area contributed by atoms with Gasteiger partial charge in [0.1, 0.15) is 0 Å². The maximum absolute atomic E-state index is 13.4. The number of halogens is 6. The highest BCUT2D eigenvalue weighted by Crippen LogP contribution is 2.37. The van der Waals surface area contributed by atoms with Gasteiger partial charge >= 0.3 is 12.4 Å². The number of carbonyl (C=O) groups excluding carboxylic acids is 2. The summed E-state index contributed by atoms with van der Waals surface area (Å²) in [6.45, 7) is 0.0720. The largest absolute Gasteiger partial charge is 0.416 e. The number of carbonyl (C=O) groups is 2. The first kappa shape index (κ1) is 32.4. The fourth-order valence-electron chi connectivity index (χ4n) is 4.46. The van der Waals surface area contributed by atoms with Crippen molar-refractivity contribution in [2.24, 2.45) is 0 Å². The number of alkyl halides is 6. The number of benzene rings is 3. The molecule has 1 atom stereocenters. The summed E-state index contributed by atoms with van der Waals surface area (Å²) in [4.78, 5) is 29.1. The zero-order valence-electron chi connectivity index (χ0n) is 23.0. The van der Waals surface area contributed by atoms with E-state index in [1.807, 2.05) is 44.4 Å². The van der Waals surface area contributed by atoms with Crippen molar-refractivity contribution in [1.82, 2.24) is 15.1 Å². The number of nitrogens with one attached hydrogen (secondary N) is 1. The van der Waals surface area contributed by atoms with E-state index >= 15 is 0 Å². The molecule has 0 saturated carbocycles. The van der Waals surface area contributed by atoms with E-state index in [-0.39, 0.29) is 38.0 Å². The summed E-state index contributed by atoms with van der Waals surface area (Å²) in [6, 6.07) is 18.3. The molecule has 224 valence electrons. The molecule has 1 saturated heterocycles. The van der Waals surface area contributed by atoms with E-state index in [0.717, 1.165) is 11.1 Å². The molecule has 42 heavy (non-hydrogen) atoms. The number of amides is 2. The van der Waals surface area contributed by atoms with Crippen LogP contribution >= 0.6 is 0 Å². The smallest absolute Gasteiger partial charge is 0.335 e. The minimum Gasteiger partial charge on any atom is -0.335 e. The Kier molecular flexibility index (Phi) is 10.9. The van der Waals surface area contributed by atoms with Gasteiger partial charge < -0.3 is 15.1 Å². The van der Waals surface area contributed by atoms with Crippen molar-refractivity contribution in [3.8, 4) is 0 Å². The van der Waals surface area contributed by atoms with Gasteiger partial charge in [0.25, 0.3) is 5.91 Å². The molecule has 1 aliphatic rings. The highest BCUT2D eigenvalue weighted by Gasteiger charge is 2.39. The predicted octanol–water partition coefficient (Wildman–Crippen LogP) is 6.17. The number of nitrogens with zero attached hydrogens (tertiary/aromatic N) is 2. The fourth-order valence-corrected chi connectivity index (χ4v) is 4.46. The Labute approximate surface area is 240 Å². The summed E-state index contributed by atoms with van der Waals surface area (Å²) in [5.41, 5.74) is -2.21. The second kappa shape index (κ2) is 14.2. The maximum atomic E-state index is 13.4. The minimum atomic E-state index is -5.07. The van der Waals surface area contributed by atoms with Gasteiger partial charge in [-0.15, -0.1) is 0 Å². The van der Waals surface area contributed by atoms with E-state index in [4.69, 9.17) is 0 Å². The van der Waals surface area contributed by atoms with Crippen LogP contribution in [0.4, 0.5) is 26.3 Å². The van der Waals surface area contributed by atoms with Crippen LogP contribution in [0.15, 0.2) is 84.9 Å². The molecule has 0 bridgehead atoms. The van der Waals surface area contributed by atoms with Crippen molar-refractivity contribution < 1.29 is 35.9 Å². The van der Waals surface area contributed by atoms with Gasteiger partial charge in [0.05, 0.1) is 17.2 Å². The Hall–Kier alpha value is -4.12. The zero-order valence-corrected chi connectivity index (χ0v) is 23.0. The lowest BCUT2D eigenvalue weighted by Crippen LogP contribution is -2.57. The minimum absolute atomic E-state index is 0.00604. The van der Waals surface area contributed by atoms with Crippen LogP contribution in [0.1, 0.15) is 32.6 Å².